The molecule has 2 rings (SSSR count). The highest BCUT2D eigenvalue weighted by molar-refractivity contribution is 9.10. The van der Waals surface area contributed by atoms with Gasteiger partial charge in [0.15, 0.2) is 0 Å². The molecule has 0 aliphatic heterocycles. The summed E-state index contributed by atoms with van der Waals surface area (Å²) in [6.45, 7) is 0.931. The fourth-order valence-corrected chi connectivity index (χ4v) is 3.87. The molecule has 1 unspecified atom stereocenters. The van der Waals surface area contributed by atoms with Crippen molar-refractivity contribution in [3.63, 3.8) is 0 Å². The van der Waals surface area contributed by atoms with Crippen molar-refractivity contribution in [3.8, 4) is 0 Å². The first-order valence-electron chi connectivity index (χ1n) is 6.30. The van der Waals surface area contributed by atoms with Crippen molar-refractivity contribution in [2.75, 3.05) is 13.6 Å². The summed E-state index contributed by atoms with van der Waals surface area (Å²) in [5, 5.41) is 5.33. The fourth-order valence-electron chi connectivity index (χ4n) is 2.24. The van der Waals surface area contributed by atoms with Gasteiger partial charge in [-0.1, -0.05) is 12.1 Å². The van der Waals surface area contributed by atoms with Crippen molar-refractivity contribution in [2.24, 2.45) is 5.92 Å². The second kappa shape index (κ2) is 7.17. The summed E-state index contributed by atoms with van der Waals surface area (Å²) in [5.41, 5.74) is 1.06. The van der Waals surface area contributed by atoms with E-state index in [1.54, 1.807) is 23.5 Å². The van der Waals surface area contributed by atoms with Crippen LogP contribution in [0.4, 0.5) is 4.39 Å². The molecular formula is C15H17BrFNS. The number of rotatable bonds is 6. The third-order valence-corrected chi connectivity index (χ3v) is 5.02. The van der Waals surface area contributed by atoms with Gasteiger partial charge in [-0.15, -0.1) is 11.3 Å². The molecule has 1 nitrogen and oxygen atoms in total. The quantitative estimate of drug-likeness (QED) is 0.827. The lowest BCUT2D eigenvalue weighted by atomic mass is 9.95. The van der Waals surface area contributed by atoms with Gasteiger partial charge in [0.1, 0.15) is 5.82 Å². The number of hydrogen-bond donors (Lipinski definition) is 1. The predicted octanol–water partition coefficient (Wildman–Crippen LogP) is 4.27. The fraction of sp³-hybridized carbons (Fsp3) is 0.333. The van der Waals surface area contributed by atoms with Gasteiger partial charge in [-0.05, 0) is 77.4 Å². The van der Waals surface area contributed by atoms with Gasteiger partial charge in [-0.25, -0.2) is 4.39 Å². The highest BCUT2D eigenvalue weighted by atomic mass is 79.9. The van der Waals surface area contributed by atoms with Crippen LogP contribution in [0.15, 0.2) is 40.2 Å². The van der Waals surface area contributed by atoms with E-state index < -0.39 is 0 Å². The topological polar surface area (TPSA) is 12.0 Å². The van der Waals surface area contributed by atoms with Crippen molar-refractivity contribution in [3.05, 3.63) is 56.4 Å². The number of hydrogen-bond acceptors (Lipinski definition) is 2. The highest BCUT2D eigenvalue weighted by Gasteiger charge is 2.13. The Morgan fingerprint density at radius 3 is 2.79 bits per heavy atom. The SMILES string of the molecule is CNCC(Cc1cccc(F)c1)Cc1sccc1Br. The van der Waals surface area contributed by atoms with Crippen molar-refractivity contribution in [1.29, 1.82) is 0 Å². The van der Waals surface area contributed by atoms with Gasteiger partial charge in [0.25, 0.3) is 0 Å². The largest absolute Gasteiger partial charge is 0.319 e. The molecule has 0 bridgehead atoms. The molecule has 2 aromatic rings. The Bertz CT molecular complexity index is 526. The van der Waals surface area contributed by atoms with Gasteiger partial charge in [-0.2, -0.15) is 0 Å². The first kappa shape index (κ1) is 14.7. The standard InChI is InChI=1S/C15H17BrFNS/c1-18-10-12(9-15-14(16)5-6-19-15)7-11-3-2-4-13(17)8-11/h2-6,8,12,18H,7,9-10H2,1H3. The Balaban J connectivity index is 2.06. The van der Waals surface area contributed by atoms with Gasteiger partial charge in [0.05, 0.1) is 0 Å². The molecule has 1 heterocycles. The van der Waals surface area contributed by atoms with Crippen molar-refractivity contribution >= 4 is 27.3 Å². The Morgan fingerprint density at radius 2 is 2.16 bits per heavy atom. The molecule has 0 saturated heterocycles. The van der Waals surface area contributed by atoms with Gasteiger partial charge in [-0.3, -0.25) is 0 Å². The van der Waals surface area contributed by atoms with Gasteiger partial charge >= 0.3 is 0 Å². The third-order valence-electron chi connectivity index (χ3n) is 3.07. The minimum Gasteiger partial charge on any atom is -0.319 e. The molecule has 19 heavy (non-hydrogen) atoms. The van der Waals surface area contributed by atoms with E-state index in [-0.39, 0.29) is 5.82 Å². The number of nitrogens with one attached hydrogen (secondary N) is 1. The van der Waals surface area contributed by atoms with Gasteiger partial charge < -0.3 is 5.32 Å². The van der Waals surface area contributed by atoms with Crippen LogP contribution in [0.2, 0.25) is 0 Å². The van der Waals surface area contributed by atoms with E-state index in [1.165, 1.54) is 15.4 Å². The van der Waals surface area contributed by atoms with E-state index in [0.29, 0.717) is 5.92 Å². The van der Waals surface area contributed by atoms with Crippen LogP contribution in [0.1, 0.15) is 10.4 Å². The molecule has 4 heteroatoms. The van der Waals surface area contributed by atoms with E-state index in [2.05, 4.69) is 32.7 Å². The van der Waals surface area contributed by atoms with E-state index in [1.807, 2.05) is 13.1 Å². The lowest BCUT2D eigenvalue weighted by Gasteiger charge is -2.16. The molecule has 1 aromatic heterocycles. The Morgan fingerprint density at radius 1 is 1.32 bits per heavy atom. The molecule has 0 saturated carbocycles. The first-order chi connectivity index (χ1) is 9.19. The van der Waals surface area contributed by atoms with Crippen molar-refractivity contribution in [2.45, 2.75) is 12.8 Å². The summed E-state index contributed by atoms with van der Waals surface area (Å²) in [6.07, 6.45) is 1.90. The number of benzene rings is 1. The van der Waals surface area contributed by atoms with Crippen LogP contribution in [0, 0.1) is 11.7 Å². The monoisotopic (exact) mass is 341 g/mol. The average molecular weight is 342 g/mol. The minimum atomic E-state index is -0.155. The molecule has 0 aliphatic carbocycles. The molecular weight excluding hydrogens is 325 g/mol. The molecule has 1 atom stereocenters. The van der Waals surface area contributed by atoms with Crippen molar-refractivity contribution < 1.29 is 4.39 Å². The second-order valence-electron chi connectivity index (χ2n) is 4.65. The van der Waals surface area contributed by atoms with E-state index in [0.717, 1.165) is 24.9 Å². The van der Waals surface area contributed by atoms with Crippen LogP contribution in [-0.4, -0.2) is 13.6 Å². The highest BCUT2D eigenvalue weighted by Crippen LogP contribution is 2.26. The number of thiophene rings is 1. The lowest BCUT2D eigenvalue weighted by molar-refractivity contribution is 0.494. The molecule has 102 valence electrons. The number of halogens is 2. The average Bonchev–Trinajstić information content (AvgIpc) is 2.75. The molecule has 0 fully saturated rings. The zero-order chi connectivity index (χ0) is 13.7. The summed E-state index contributed by atoms with van der Waals surface area (Å²) in [4.78, 5) is 1.36. The summed E-state index contributed by atoms with van der Waals surface area (Å²) in [5.74, 6) is 0.319. The molecule has 0 spiro atoms. The minimum absolute atomic E-state index is 0.155. The van der Waals surface area contributed by atoms with Crippen LogP contribution < -0.4 is 5.32 Å². The lowest BCUT2D eigenvalue weighted by Crippen LogP contribution is -2.22. The maximum Gasteiger partial charge on any atom is 0.123 e. The van der Waals surface area contributed by atoms with Crippen LogP contribution >= 0.6 is 27.3 Å². The van der Waals surface area contributed by atoms with Crippen LogP contribution in [0.3, 0.4) is 0 Å². The second-order valence-corrected chi connectivity index (χ2v) is 6.51. The van der Waals surface area contributed by atoms with E-state index in [9.17, 15) is 4.39 Å². The maximum atomic E-state index is 13.2. The molecule has 1 aromatic carbocycles. The van der Waals surface area contributed by atoms with E-state index >= 15 is 0 Å². The van der Waals surface area contributed by atoms with E-state index in [4.69, 9.17) is 0 Å². The molecule has 0 aliphatic rings. The van der Waals surface area contributed by atoms with Crippen LogP contribution in [-0.2, 0) is 12.8 Å². The Labute approximate surface area is 126 Å². The summed E-state index contributed by atoms with van der Waals surface area (Å²) in [6, 6.07) is 8.98. The first-order valence-corrected chi connectivity index (χ1v) is 7.97. The zero-order valence-corrected chi connectivity index (χ0v) is 13.2. The summed E-state index contributed by atoms with van der Waals surface area (Å²) in [7, 11) is 1.96. The molecule has 0 radical (unpaired) electrons. The summed E-state index contributed by atoms with van der Waals surface area (Å²) < 4.78 is 14.4. The predicted molar refractivity (Wildman–Crippen MR) is 83.2 cm³/mol. The van der Waals surface area contributed by atoms with Gasteiger partial charge in [0.2, 0.25) is 0 Å². The normalized spacial score (nSPS) is 12.6. The summed E-state index contributed by atoms with van der Waals surface area (Å²) >= 11 is 5.34. The molecule has 0 amide bonds. The van der Waals surface area contributed by atoms with Crippen LogP contribution in [0.25, 0.3) is 0 Å². The Kier molecular flexibility index (Phi) is 5.55. The smallest absolute Gasteiger partial charge is 0.123 e. The third kappa shape index (κ3) is 4.41. The van der Waals surface area contributed by atoms with Gasteiger partial charge in [0, 0.05) is 9.35 Å². The Hall–Kier alpha value is -0.710. The zero-order valence-electron chi connectivity index (χ0n) is 10.8. The maximum absolute atomic E-state index is 13.2. The van der Waals surface area contributed by atoms with Crippen LogP contribution in [0.5, 0.6) is 0 Å². The molecule has 1 N–H and O–H groups in total. The van der Waals surface area contributed by atoms with Crippen molar-refractivity contribution in [1.82, 2.24) is 5.32 Å².